The Labute approximate surface area is 170 Å². The molecule has 0 spiro atoms. The van der Waals surface area contributed by atoms with Gasteiger partial charge in [-0.05, 0) is 56.6 Å². The molecule has 0 atom stereocenters. The number of aryl methyl sites for hydroxylation is 1. The molecule has 6 heteroatoms. The molecule has 1 heterocycles. The van der Waals surface area contributed by atoms with E-state index in [0.717, 1.165) is 17.5 Å². The highest BCUT2D eigenvalue weighted by Crippen LogP contribution is 2.28. The van der Waals surface area contributed by atoms with E-state index in [-0.39, 0.29) is 28.5 Å². The van der Waals surface area contributed by atoms with Crippen LogP contribution in [0.25, 0.3) is 0 Å². The highest BCUT2D eigenvalue weighted by atomic mass is 32.2. The smallest absolute Gasteiger partial charge is 0.223 e. The van der Waals surface area contributed by atoms with Gasteiger partial charge in [0.05, 0.1) is 5.75 Å². The third kappa shape index (κ3) is 6.59. The third-order valence-electron chi connectivity index (χ3n) is 5.25. The molecule has 0 saturated carbocycles. The van der Waals surface area contributed by atoms with Gasteiger partial charge in [-0.15, -0.1) is 0 Å². The molecule has 1 N–H and O–H groups in total. The van der Waals surface area contributed by atoms with Crippen molar-refractivity contribution in [2.75, 3.05) is 13.1 Å². The third-order valence-corrected chi connectivity index (χ3v) is 7.08. The second-order valence-electron chi connectivity index (χ2n) is 9.97. The van der Waals surface area contributed by atoms with E-state index in [9.17, 15) is 13.2 Å². The Morgan fingerprint density at radius 3 is 2.21 bits per heavy atom. The fourth-order valence-electron chi connectivity index (χ4n) is 4.26. The lowest BCUT2D eigenvalue weighted by Gasteiger charge is -2.36. The molecule has 1 amide bonds. The summed E-state index contributed by atoms with van der Waals surface area (Å²) < 4.78 is 27.1. The van der Waals surface area contributed by atoms with E-state index in [1.54, 1.807) is 4.31 Å². The Hall–Kier alpha value is -1.40. The summed E-state index contributed by atoms with van der Waals surface area (Å²) in [5.74, 6) is -0.0517. The maximum absolute atomic E-state index is 12.8. The quantitative estimate of drug-likeness (QED) is 0.777. The van der Waals surface area contributed by atoms with Crippen molar-refractivity contribution in [3.8, 4) is 0 Å². The van der Waals surface area contributed by atoms with Gasteiger partial charge >= 0.3 is 0 Å². The van der Waals surface area contributed by atoms with Gasteiger partial charge in [0.25, 0.3) is 0 Å². The average Bonchev–Trinajstić information content (AvgIpc) is 2.54. The van der Waals surface area contributed by atoms with Gasteiger partial charge in [-0.2, -0.15) is 0 Å². The second kappa shape index (κ2) is 8.54. The summed E-state index contributed by atoms with van der Waals surface area (Å²) in [5, 5.41) is 3.18. The largest absolute Gasteiger partial charge is 0.351 e. The van der Waals surface area contributed by atoms with Crippen molar-refractivity contribution in [2.24, 2.45) is 11.3 Å². The highest BCUT2D eigenvalue weighted by molar-refractivity contribution is 7.88. The molecule has 0 bridgehead atoms. The molecule has 2 rings (SSSR count). The molecule has 0 aliphatic carbocycles. The fourth-order valence-corrected chi connectivity index (χ4v) is 5.93. The molecule has 1 aliphatic rings. The first kappa shape index (κ1) is 22.9. The molecule has 28 heavy (non-hydrogen) atoms. The molecule has 1 fully saturated rings. The van der Waals surface area contributed by atoms with Gasteiger partial charge in [-0.3, -0.25) is 4.79 Å². The van der Waals surface area contributed by atoms with Crippen LogP contribution in [0.3, 0.4) is 0 Å². The van der Waals surface area contributed by atoms with Crippen LogP contribution in [0.15, 0.2) is 24.3 Å². The fraction of sp³-hybridized carbons (Fsp3) is 0.682. The molecule has 1 aromatic rings. The summed E-state index contributed by atoms with van der Waals surface area (Å²) in [6.07, 6.45) is 2.03. The standard InChI is InChI=1S/C22H36N2O3S/c1-17-9-7-8-10-19(17)15-28(26,27)24-13-11-18(12-14-24)20(25)23-22(5,6)16-21(2,3)4/h7-10,18H,11-16H2,1-6H3,(H,23,25). The van der Waals surface area contributed by atoms with Crippen molar-refractivity contribution < 1.29 is 13.2 Å². The van der Waals surface area contributed by atoms with Gasteiger partial charge in [0, 0.05) is 24.5 Å². The SMILES string of the molecule is Cc1ccccc1CS(=O)(=O)N1CCC(C(=O)NC(C)(C)CC(C)(C)C)CC1. The molecule has 1 aliphatic heterocycles. The summed E-state index contributed by atoms with van der Waals surface area (Å²) in [5.41, 5.74) is 1.68. The Kier molecular flexibility index (Phi) is 6.98. The van der Waals surface area contributed by atoms with Crippen LogP contribution in [-0.4, -0.2) is 37.3 Å². The number of carbonyl (C=O) groups is 1. The van der Waals surface area contributed by atoms with Crippen molar-refractivity contribution >= 4 is 15.9 Å². The molecule has 158 valence electrons. The molecule has 1 aromatic carbocycles. The minimum atomic E-state index is -3.37. The molecular formula is C22H36N2O3S. The predicted molar refractivity (Wildman–Crippen MR) is 114 cm³/mol. The van der Waals surface area contributed by atoms with Crippen LogP contribution < -0.4 is 5.32 Å². The summed E-state index contributed by atoms with van der Waals surface area (Å²) >= 11 is 0. The maximum atomic E-state index is 12.8. The van der Waals surface area contributed by atoms with Crippen LogP contribution in [0, 0.1) is 18.3 Å². The van der Waals surface area contributed by atoms with Gasteiger partial charge in [-0.1, -0.05) is 45.0 Å². The Bertz CT molecular complexity index is 786. The van der Waals surface area contributed by atoms with Crippen molar-refractivity contribution in [2.45, 2.75) is 72.1 Å². The maximum Gasteiger partial charge on any atom is 0.223 e. The zero-order valence-electron chi connectivity index (χ0n) is 18.2. The number of hydrogen-bond donors (Lipinski definition) is 1. The van der Waals surface area contributed by atoms with Gasteiger partial charge in [0.2, 0.25) is 15.9 Å². The van der Waals surface area contributed by atoms with E-state index in [2.05, 4.69) is 39.9 Å². The van der Waals surface area contributed by atoms with Crippen LogP contribution in [-0.2, 0) is 20.6 Å². The van der Waals surface area contributed by atoms with Crippen LogP contribution in [0.4, 0.5) is 0 Å². The number of sulfonamides is 1. The topological polar surface area (TPSA) is 66.5 Å². The van der Waals surface area contributed by atoms with Crippen molar-refractivity contribution in [3.63, 3.8) is 0 Å². The lowest BCUT2D eigenvalue weighted by Crippen LogP contribution is -2.50. The lowest BCUT2D eigenvalue weighted by molar-refractivity contribution is -0.128. The first-order valence-electron chi connectivity index (χ1n) is 10.1. The number of benzene rings is 1. The number of amides is 1. The predicted octanol–water partition coefficient (Wildman–Crippen LogP) is 3.87. The number of rotatable bonds is 6. The average molecular weight is 409 g/mol. The minimum Gasteiger partial charge on any atom is -0.351 e. The summed E-state index contributed by atoms with van der Waals surface area (Å²) in [6.45, 7) is 13.4. The van der Waals surface area contributed by atoms with Crippen LogP contribution >= 0.6 is 0 Å². The van der Waals surface area contributed by atoms with Crippen LogP contribution in [0.1, 0.15) is 65.0 Å². The number of hydrogen-bond acceptors (Lipinski definition) is 3. The molecular weight excluding hydrogens is 372 g/mol. The molecule has 0 radical (unpaired) electrons. The van der Waals surface area contributed by atoms with Crippen molar-refractivity contribution in [1.82, 2.24) is 9.62 Å². The van der Waals surface area contributed by atoms with E-state index >= 15 is 0 Å². The first-order valence-corrected chi connectivity index (χ1v) is 11.7. The van der Waals surface area contributed by atoms with Crippen molar-refractivity contribution in [3.05, 3.63) is 35.4 Å². The van der Waals surface area contributed by atoms with E-state index in [0.29, 0.717) is 25.9 Å². The van der Waals surface area contributed by atoms with Gasteiger partial charge in [0.15, 0.2) is 0 Å². The number of nitrogens with zero attached hydrogens (tertiary/aromatic N) is 1. The van der Waals surface area contributed by atoms with Crippen LogP contribution in [0.2, 0.25) is 0 Å². The molecule has 5 nitrogen and oxygen atoms in total. The summed E-state index contributed by atoms with van der Waals surface area (Å²) in [7, 11) is -3.37. The van der Waals surface area contributed by atoms with Gasteiger partial charge in [0.1, 0.15) is 0 Å². The Balaban J connectivity index is 1.93. The number of nitrogens with one attached hydrogen (secondary N) is 1. The lowest BCUT2D eigenvalue weighted by atomic mass is 9.81. The molecule has 1 saturated heterocycles. The zero-order valence-corrected chi connectivity index (χ0v) is 19.0. The van der Waals surface area contributed by atoms with E-state index in [1.807, 2.05) is 31.2 Å². The first-order chi connectivity index (χ1) is 12.8. The van der Waals surface area contributed by atoms with E-state index in [4.69, 9.17) is 0 Å². The summed E-state index contributed by atoms with van der Waals surface area (Å²) in [4.78, 5) is 12.7. The minimum absolute atomic E-state index is 0.0230. The van der Waals surface area contributed by atoms with Crippen LogP contribution in [0.5, 0.6) is 0 Å². The summed E-state index contributed by atoms with van der Waals surface area (Å²) in [6, 6.07) is 7.58. The number of carbonyl (C=O) groups excluding carboxylic acids is 1. The molecule has 0 unspecified atom stereocenters. The highest BCUT2D eigenvalue weighted by Gasteiger charge is 2.34. The zero-order chi connectivity index (χ0) is 21.2. The Morgan fingerprint density at radius 2 is 1.68 bits per heavy atom. The van der Waals surface area contributed by atoms with E-state index in [1.165, 1.54) is 0 Å². The van der Waals surface area contributed by atoms with Crippen molar-refractivity contribution in [1.29, 1.82) is 0 Å². The van der Waals surface area contributed by atoms with Gasteiger partial charge < -0.3 is 5.32 Å². The normalized spacial score (nSPS) is 17.5. The Morgan fingerprint density at radius 1 is 1.11 bits per heavy atom. The second-order valence-corrected chi connectivity index (χ2v) is 11.9. The van der Waals surface area contributed by atoms with Gasteiger partial charge in [-0.25, -0.2) is 12.7 Å². The number of piperidine rings is 1. The van der Waals surface area contributed by atoms with E-state index < -0.39 is 10.0 Å². The monoisotopic (exact) mass is 408 g/mol. The molecule has 0 aromatic heterocycles.